The van der Waals surface area contributed by atoms with Crippen molar-refractivity contribution in [3.63, 3.8) is 0 Å². The molecule has 0 saturated carbocycles. The number of nitrogens with one attached hydrogen (secondary N) is 1. The van der Waals surface area contributed by atoms with Gasteiger partial charge in [0.2, 0.25) is 0 Å². The molecule has 134 valence electrons. The van der Waals surface area contributed by atoms with Gasteiger partial charge in [-0.25, -0.2) is 0 Å². The number of hydrogen-bond donors (Lipinski definition) is 1. The van der Waals surface area contributed by atoms with E-state index in [9.17, 15) is 10.1 Å². The summed E-state index contributed by atoms with van der Waals surface area (Å²) in [6.07, 6.45) is 1.58. The van der Waals surface area contributed by atoms with Gasteiger partial charge in [0.05, 0.1) is 7.11 Å². The van der Waals surface area contributed by atoms with E-state index in [-0.39, 0.29) is 5.57 Å². The molecule has 5 nitrogen and oxygen atoms in total. The lowest BCUT2D eigenvalue weighted by Gasteiger charge is -2.20. The van der Waals surface area contributed by atoms with Gasteiger partial charge in [0.25, 0.3) is 5.91 Å². The molecule has 0 saturated heterocycles. The Balaban J connectivity index is 2.16. The number of anilines is 2. The van der Waals surface area contributed by atoms with Crippen LogP contribution in [0.3, 0.4) is 0 Å². The molecule has 0 atom stereocenters. The summed E-state index contributed by atoms with van der Waals surface area (Å²) in [4.78, 5) is 14.6. The molecule has 0 unspecified atom stereocenters. The van der Waals surface area contributed by atoms with E-state index in [1.165, 1.54) is 0 Å². The second kappa shape index (κ2) is 9.28. The maximum Gasteiger partial charge on any atom is 0.266 e. The summed E-state index contributed by atoms with van der Waals surface area (Å²) in [6.45, 7) is 6.07. The van der Waals surface area contributed by atoms with Crippen molar-refractivity contribution in [1.29, 1.82) is 5.26 Å². The quantitative estimate of drug-likeness (QED) is 0.604. The molecule has 0 aliphatic heterocycles. The van der Waals surface area contributed by atoms with Crippen molar-refractivity contribution >= 4 is 23.4 Å². The SMILES string of the molecule is CCN(CC)c1ccc(C=C(C#N)C(=O)Nc2cccc(OC)c2)cc1. The van der Waals surface area contributed by atoms with E-state index < -0.39 is 5.91 Å². The largest absolute Gasteiger partial charge is 0.497 e. The molecule has 1 N–H and O–H groups in total. The minimum absolute atomic E-state index is 0.0448. The predicted molar refractivity (Wildman–Crippen MR) is 105 cm³/mol. The predicted octanol–water partition coefficient (Wildman–Crippen LogP) is 4.09. The van der Waals surface area contributed by atoms with Crippen molar-refractivity contribution in [2.75, 3.05) is 30.4 Å². The van der Waals surface area contributed by atoms with Gasteiger partial charge in [0, 0.05) is 30.5 Å². The Bertz CT molecular complexity index is 816. The molecule has 0 aliphatic rings. The normalized spacial score (nSPS) is 10.8. The van der Waals surface area contributed by atoms with E-state index >= 15 is 0 Å². The Morgan fingerprint density at radius 3 is 2.46 bits per heavy atom. The second-order valence-corrected chi connectivity index (χ2v) is 5.62. The molecule has 0 aromatic heterocycles. The van der Waals surface area contributed by atoms with Crippen molar-refractivity contribution in [3.05, 3.63) is 59.7 Å². The van der Waals surface area contributed by atoms with Crippen LogP contribution in [0.4, 0.5) is 11.4 Å². The van der Waals surface area contributed by atoms with Crippen LogP contribution < -0.4 is 15.0 Å². The average Bonchev–Trinajstić information content (AvgIpc) is 2.68. The number of rotatable bonds is 7. The Labute approximate surface area is 154 Å². The van der Waals surface area contributed by atoms with E-state index in [1.54, 1.807) is 37.5 Å². The van der Waals surface area contributed by atoms with E-state index in [4.69, 9.17) is 4.74 Å². The van der Waals surface area contributed by atoms with Gasteiger partial charge < -0.3 is 15.0 Å². The second-order valence-electron chi connectivity index (χ2n) is 5.62. The highest BCUT2D eigenvalue weighted by atomic mass is 16.5. The molecule has 2 aromatic rings. The van der Waals surface area contributed by atoms with Gasteiger partial charge in [-0.05, 0) is 49.8 Å². The summed E-state index contributed by atoms with van der Waals surface area (Å²) in [5.41, 5.74) is 2.54. The van der Waals surface area contributed by atoms with E-state index in [2.05, 4.69) is 24.1 Å². The number of ether oxygens (including phenoxy) is 1. The number of carbonyl (C=O) groups is 1. The number of hydrogen-bond acceptors (Lipinski definition) is 4. The van der Waals surface area contributed by atoms with Crippen LogP contribution in [0.15, 0.2) is 54.1 Å². The van der Waals surface area contributed by atoms with Crippen LogP contribution in [-0.4, -0.2) is 26.1 Å². The molecule has 0 fully saturated rings. The number of benzene rings is 2. The van der Waals surface area contributed by atoms with Crippen LogP contribution in [-0.2, 0) is 4.79 Å². The Morgan fingerprint density at radius 2 is 1.88 bits per heavy atom. The van der Waals surface area contributed by atoms with Crippen LogP contribution in [0.2, 0.25) is 0 Å². The highest BCUT2D eigenvalue weighted by molar-refractivity contribution is 6.09. The lowest BCUT2D eigenvalue weighted by atomic mass is 10.1. The van der Waals surface area contributed by atoms with E-state index in [0.717, 1.165) is 24.3 Å². The number of amides is 1. The summed E-state index contributed by atoms with van der Waals surface area (Å²) >= 11 is 0. The molecule has 0 heterocycles. The Morgan fingerprint density at radius 1 is 1.19 bits per heavy atom. The number of nitriles is 1. The van der Waals surface area contributed by atoms with Gasteiger partial charge in [-0.1, -0.05) is 18.2 Å². The topological polar surface area (TPSA) is 65.4 Å². The summed E-state index contributed by atoms with van der Waals surface area (Å²) < 4.78 is 5.13. The van der Waals surface area contributed by atoms with Gasteiger partial charge in [-0.2, -0.15) is 5.26 Å². The molecule has 26 heavy (non-hydrogen) atoms. The van der Waals surface area contributed by atoms with Crippen LogP contribution >= 0.6 is 0 Å². The third-order valence-corrected chi connectivity index (χ3v) is 4.03. The maximum atomic E-state index is 12.4. The third-order valence-electron chi connectivity index (χ3n) is 4.03. The minimum Gasteiger partial charge on any atom is -0.497 e. The van der Waals surface area contributed by atoms with Crippen LogP contribution in [0.1, 0.15) is 19.4 Å². The van der Waals surface area contributed by atoms with Gasteiger partial charge in [-0.15, -0.1) is 0 Å². The fraction of sp³-hybridized carbons (Fsp3) is 0.238. The van der Waals surface area contributed by atoms with Crippen LogP contribution in [0.25, 0.3) is 6.08 Å². The number of nitrogens with zero attached hydrogens (tertiary/aromatic N) is 2. The zero-order valence-electron chi connectivity index (χ0n) is 15.3. The molecule has 5 heteroatoms. The van der Waals surface area contributed by atoms with Crippen molar-refractivity contribution < 1.29 is 9.53 Å². The lowest BCUT2D eigenvalue weighted by molar-refractivity contribution is -0.112. The maximum absolute atomic E-state index is 12.4. The molecular weight excluding hydrogens is 326 g/mol. The smallest absolute Gasteiger partial charge is 0.266 e. The van der Waals surface area contributed by atoms with Crippen LogP contribution in [0.5, 0.6) is 5.75 Å². The summed E-state index contributed by atoms with van der Waals surface area (Å²) in [7, 11) is 1.56. The van der Waals surface area contributed by atoms with Gasteiger partial charge >= 0.3 is 0 Å². The molecule has 0 aliphatic carbocycles. The highest BCUT2D eigenvalue weighted by Gasteiger charge is 2.10. The van der Waals surface area contributed by atoms with E-state index in [0.29, 0.717) is 11.4 Å². The summed E-state index contributed by atoms with van der Waals surface area (Å²) in [6, 6.07) is 16.8. The van der Waals surface area contributed by atoms with Crippen LogP contribution in [0, 0.1) is 11.3 Å². The summed E-state index contributed by atoms with van der Waals surface area (Å²) in [5.74, 6) is 0.186. The first kappa shape index (κ1) is 19.1. The van der Waals surface area contributed by atoms with Crippen molar-refractivity contribution in [1.82, 2.24) is 0 Å². The molecule has 2 aromatic carbocycles. The van der Waals surface area contributed by atoms with Gasteiger partial charge in [0.1, 0.15) is 17.4 Å². The number of methoxy groups -OCH3 is 1. The van der Waals surface area contributed by atoms with E-state index in [1.807, 2.05) is 30.3 Å². The summed E-state index contributed by atoms with van der Waals surface area (Å²) in [5, 5.41) is 12.1. The Kier molecular flexibility index (Phi) is 6.81. The first-order chi connectivity index (χ1) is 12.6. The van der Waals surface area contributed by atoms with Crippen molar-refractivity contribution in [2.24, 2.45) is 0 Å². The zero-order chi connectivity index (χ0) is 18.9. The van der Waals surface area contributed by atoms with Crippen molar-refractivity contribution in [3.8, 4) is 11.8 Å². The van der Waals surface area contributed by atoms with Gasteiger partial charge in [0.15, 0.2) is 0 Å². The fourth-order valence-corrected chi connectivity index (χ4v) is 2.58. The fourth-order valence-electron chi connectivity index (χ4n) is 2.58. The molecule has 0 radical (unpaired) electrons. The zero-order valence-corrected chi connectivity index (χ0v) is 15.3. The molecule has 0 bridgehead atoms. The molecule has 2 rings (SSSR count). The third kappa shape index (κ3) is 4.87. The standard InChI is InChI=1S/C21H23N3O2/c1-4-24(5-2)19-11-9-16(10-12-19)13-17(15-22)21(25)23-18-7-6-8-20(14-18)26-3/h6-14H,4-5H2,1-3H3,(H,23,25). The number of carbonyl (C=O) groups excluding carboxylic acids is 1. The minimum atomic E-state index is -0.450. The monoisotopic (exact) mass is 349 g/mol. The Hall–Kier alpha value is -3.26. The first-order valence-corrected chi connectivity index (χ1v) is 8.53. The first-order valence-electron chi connectivity index (χ1n) is 8.53. The van der Waals surface area contributed by atoms with Crippen molar-refractivity contribution in [2.45, 2.75) is 13.8 Å². The molecular formula is C21H23N3O2. The highest BCUT2D eigenvalue weighted by Crippen LogP contribution is 2.19. The molecule has 0 spiro atoms. The lowest BCUT2D eigenvalue weighted by Crippen LogP contribution is -2.21. The molecule has 1 amide bonds. The van der Waals surface area contributed by atoms with Gasteiger partial charge in [-0.3, -0.25) is 4.79 Å². The average molecular weight is 349 g/mol.